The molecule has 3 nitrogen and oxygen atoms in total. The van der Waals surface area contributed by atoms with Gasteiger partial charge in [0.15, 0.2) is 0 Å². The molecular weight excluding hydrogens is 246 g/mol. The smallest absolute Gasteiger partial charge is 0.310 e. The first-order valence-corrected chi connectivity index (χ1v) is 7.02. The summed E-state index contributed by atoms with van der Waals surface area (Å²) in [5, 5.41) is 3.51. The van der Waals surface area contributed by atoms with E-state index in [1.54, 1.807) is 11.3 Å². The van der Waals surface area contributed by atoms with Crippen LogP contribution in [0.5, 0.6) is 0 Å². The van der Waals surface area contributed by atoms with Gasteiger partial charge in [0.25, 0.3) is 0 Å². The lowest BCUT2D eigenvalue weighted by atomic mass is 9.88. The van der Waals surface area contributed by atoms with Crippen LogP contribution >= 0.6 is 11.3 Å². The second kappa shape index (κ2) is 6.34. The third-order valence-corrected chi connectivity index (χ3v) is 4.23. The largest absolute Gasteiger partial charge is 0.469 e. The summed E-state index contributed by atoms with van der Waals surface area (Å²) in [6.45, 7) is 9.72. The number of ether oxygens (including phenoxy) is 1. The molecule has 0 aliphatic heterocycles. The number of methoxy groups -OCH3 is 1. The lowest BCUT2D eigenvalue weighted by Gasteiger charge is -2.28. The zero-order valence-electron chi connectivity index (χ0n) is 11.9. The zero-order chi connectivity index (χ0) is 13.8. The average molecular weight is 269 g/mol. The summed E-state index contributed by atoms with van der Waals surface area (Å²) < 4.78 is 4.66. The third kappa shape index (κ3) is 4.78. The van der Waals surface area contributed by atoms with E-state index < -0.39 is 0 Å². The molecule has 0 amide bonds. The van der Waals surface area contributed by atoms with Crippen molar-refractivity contribution in [1.82, 2.24) is 5.32 Å². The van der Waals surface area contributed by atoms with Crippen molar-refractivity contribution in [2.45, 2.75) is 46.7 Å². The minimum Gasteiger partial charge on any atom is -0.469 e. The van der Waals surface area contributed by atoms with Crippen LogP contribution in [-0.4, -0.2) is 19.1 Å². The van der Waals surface area contributed by atoms with Gasteiger partial charge < -0.3 is 10.1 Å². The number of carbonyl (C=O) groups is 1. The quantitative estimate of drug-likeness (QED) is 0.835. The van der Waals surface area contributed by atoms with Gasteiger partial charge in [-0.3, -0.25) is 4.79 Å². The van der Waals surface area contributed by atoms with Crippen molar-refractivity contribution in [2.24, 2.45) is 5.41 Å². The van der Waals surface area contributed by atoms with Crippen molar-refractivity contribution in [3.05, 3.63) is 21.9 Å². The van der Waals surface area contributed by atoms with Gasteiger partial charge in [-0.25, -0.2) is 0 Å². The molecule has 1 rings (SSSR count). The molecule has 1 unspecified atom stereocenters. The monoisotopic (exact) mass is 269 g/mol. The number of nitrogens with one attached hydrogen (secondary N) is 1. The molecule has 1 heterocycles. The molecule has 1 aromatic heterocycles. The fourth-order valence-corrected chi connectivity index (χ4v) is 2.34. The number of hydrogen-bond acceptors (Lipinski definition) is 4. The Kier molecular flexibility index (Phi) is 5.35. The molecule has 0 radical (unpaired) electrons. The lowest BCUT2D eigenvalue weighted by molar-refractivity contribution is -0.139. The van der Waals surface area contributed by atoms with Gasteiger partial charge >= 0.3 is 5.97 Å². The third-order valence-electron chi connectivity index (χ3n) is 3.15. The van der Waals surface area contributed by atoms with Crippen LogP contribution in [0, 0.1) is 5.41 Å². The Hall–Kier alpha value is -0.870. The van der Waals surface area contributed by atoms with Gasteiger partial charge in [0.1, 0.15) is 0 Å². The molecule has 0 saturated heterocycles. The molecule has 1 aromatic rings. The van der Waals surface area contributed by atoms with Gasteiger partial charge in [-0.15, -0.1) is 11.3 Å². The molecule has 0 saturated carbocycles. The van der Waals surface area contributed by atoms with E-state index in [2.05, 4.69) is 43.8 Å². The maximum atomic E-state index is 11.2. The molecule has 0 aliphatic rings. The highest BCUT2D eigenvalue weighted by atomic mass is 32.1. The topological polar surface area (TPSA) is 38.3 Å². The number of thiophene rings is 1. The summed E-state index contributed by atoms with van der Waals surface area (Å²) in [5.74, 6) is -0.181. The maximum absolute atomic E-state index is 11.2. The van der Waals surface area contributed by atoms with Crippen LogP contribution in [0.3, 0.4) is 0 Å². The Labute approximate surface area is 114 Å². The van der Waals surface area contributed by atoms with Gasteiger partial charge in [0.2, 0.25) is 0 Å². The van der Waals surface area contributed by atoms with Crippen molar-refractivity contribution in [1.29, 1.82) is 0 Å². The first kappa shape index (κ1) is 15.2. The lowest BCUT2D eigenvalue weighted by Crippen LogP contribution is -2.36. The normalized spacial score (nSPS) is 13.4. The van der Waals surface area contributed by atoms with E-state index in [0.29, 0.717) is 12.5 Å². The molecule has 4 heteroatoms. The van der Waals surface area contributed by atoms with Gasteiger partial charge in [-0.1, -0.05) is 20.8 Å². The van der Waals surface area contributed by atoms with E-state index in [9.17, 15) is 4.79 Å². The number of rotatable bonds is 5. The molecular formula is C14H23NO2S. The highest BCUT2D eigenvalue weighted by Gasteiger charge is 2.19. The molecule has 1 atom stereocenters. The summed E-state index contributed by atoms with van der Waals surface area (Å²) in [6.07, 6.45) is 0.371. The van der Waals surface area contributed by atoms with Crippen molar-refractivity contribution >= 4 is 17.3 Å². The minimum absolute atomic E-state index is 0.181. The number of carbonyl (C=O) groups excluding carboxylic acids is 1. The van der Waals surface area contributed by atoms with E-state index in [0.717, 1.165) is 11.4 Å². The molecule has 102 valence electrons. The van der Waals surface area contributed by atoms with Gasteiger partial charge in [0, 0.05) is 22.3 Å². The fourth-order valence-electron chi connectivity index (χ4n) is 1.39. The summed E-state index contributed by atoms with van der Waals surface area (Å²) in [5.41, 5.74) is 0.256. The molecule has 18 heavy (non-hydrogen) atoms. The van der Waals surface area contributed by atoms with Gasteiger partial charge in [-0.05, 0) is 24.5 Å². The Balaban J connectivity index is 2.47. The SMILES string of the molecule is COC(=O)Cc1ccc(CNC(C)C(C)(C)C)s1. The minimum atomic E-state index is -0.181. The van der Waals surface area contributed by atoms with Gasteiger partial charge in [-0.2, -0.15) is 0 Å². The van der Waals surface area contributed by atoms with E-state index in [1.165, 1.54) is 12.0 Å². The van der Waals surface area contributed by atoms with Crippen molar-refractivity contribution in [3.8, 4) is 0 Å². The van der Waals surface area contributed by atoms with Crippen molar-refractivity contribution in [2.75, 3.05) is 7.11 Å². The summed E-state index contributed by atoms with van der Waals surface area (Å²) in [6, 6.07) is 4.52. The second-order valence-corrected chi connectivity index (χ2v) is 6.84. The maximum Gasteiger partial charge on any atom is 0.310 e. The first-order chi connectivity index (χ1) is 8.32. The van der Waals surface area contributed by atoms with Crippen LogP contribution < -0.4 is 5.32 Å². The van der Waals surface area contributed by atoms with E-state index >= 15 is 0 Å². The first-order valence-electron chi connectivity index (χ1n) is 6.20. The average Bonchev–Trinajstić information content (AvgIpc) is 2.72. The highest BCUT2D eigenvalue weighted by Crippen LogP contribution is 2.21. The molecule has 0 bridgehead atoms. The van der Waals surface area contributed by atoms with Crippen LogP contribution in [0.2, 0.25) is 0 Å². The number of hydrogen-bond donors (Lipinski definition) is 1. The van der Waals surface area contributed by atoms with E-state index in [1.807, 2.05) is 6.07 Å². The molecule has 0 spiro atoms. The van der Waals surface area contributed by atoms with Crippen molar-refractivity contribution < 1.29 is 9.53 Å². The fraction of sp³-hybridized carbons (Fsp3) is 0.643. The van der Waals surface area contributed by atoms with Crippen LogP contribution in [-0.2, 0) is 22.5 Å². The van der Waals surface area contributed by atoms with Crippen LogP contribution in [0.4, 0.5) is 0 Å². The summed E-state index contributed by atoms with van der Waals surface area (Å²) in [4.78, 5) is 13.5. The molecule has 1 N–H and O–H groups in total. The molecule has 0 fully saturated rings. The Morgan fingerprint density at radius 1 is 1.39 bits per heavy atom. The van der Waals surface area contributed by atoms with E-state index in [4.69, 9.17) is 0 Å². The molecule has 0 aliphatic carbocycles. The molecule has 0 aromatic carbocycles. The van der Waals surface area contributed by atoms with Crippen LogP contribution in [0.15, 0.2) is 12.1 Å². The van der Waals surface area contributed by atoms with E-state index in [-0.39, 0.29) is 11.4 Å². The predicted molar refractivity (Wildman–Crippen MR) is 75.8 cm³/mol. The van der Waals surface area contributed by atoms with Crippen LogP contribution in [0.1, 0.15) is 37.4 Å². The number of esters is 1. The summed E-state index contributed by atoms with van der Waals surface area (Å²) in [7, 11) is 1.42. The highest BCUT2D eigenvalue weighted by molar-refractivity contribution is 7.12. The summed E-state index contributed by atoms with van der Waals surface area (Å²) >= 11 is 1.67. The second-order valence-electron chi connectivity index (χ2n) is 5.59. The predicted octanol–water partition coefficient (Wildman–Crippen LogP) is 2.99. The van der Waals surface area contributed by atoms with Crippen LogP contribution in [0.25, 0.3) is 0 Å². The van der Waals surface area contributed by atoms with Crippen molar-refractivity contribution in [3.63, 3.8) is 0 Å². The Morgan fingerprint density at radius 3 is 2.56 bits per heavy atom. The zero-order valence-corrected chi connectivity index (χ0v) is 12.7. The Bertz CT molecular complexity index is 393. The Morgan fingerprint density at radius 2 is 2.00 bits per heavy atom. The standard InChI is InChI=1S/C14H23NO2S/c1-10(14(2,3)4)15-9-12-7-6-11(18-12)8-13(16)17-5/h6-7,10,15H,8-9H2,1-5H3. The van der Waals surface area contributed by atoms with Gasteiger partial charge in [0.05, 0.1) is 13.5 Å².